The highest BCUT2D eigenvalue weighted by Gasteiger charge is 2.15. The van der Waals surface area contributed by atoms with Gasteiger partial charge in [-0.1, -0.05) is 24.3 Å². The third-order valence-electron chi connectivity index (χ3n) is 4.31. The fraction of sp³-hybridized carbons (Fsp3) is 0.0500. The molecule has 0 aliphatic rings. The van der Waals surface area contributed by atoms with Gasteiger partial charge in [0.1, 0.15) is 17.0 Å². The largest absolute Gasteiger partial charge is 0.481 e. The van der Waals surface area contributed by atoms with E-state index in [1.54, 1.807) is 30.3 Å². The fourth-order valence-corrected chi connectivity index (χ4v) is 3.90. The summed E-state index contributed by atoms with van der Waals surface area (Å²) in [5.41, 5.74) is 2.97. The van der Waals surface area contributed by atoms with Crippen LogP contribution in [0.15, 0.2) is 60.2 Å². The zero-order valence-corrected chi connectivity index (χ0v) is 15.7. The van der Waals surface area contributed by atoms with E-state index >= 15 is 0 Å². The molecule has 0 aliphatic heterocycles. The summed E-state index contributed by atoms with van der Waals surface area (Å²) in [5.74, 6) is -0.313. The molecule has 2 N–H and O–H groups in total. The number of aromatic nitrogens is 2. The van der Waals surface area contributed by atoms with Crippen molar-refractivity contribution in [1.29, 1.82) is 0 Å². The van der Waals surface area contributed by atoms with Crippen LogP contribution in [0.3, 0.4) is 0 Å². The van der Waals surface area contributed by atoms with Crippen LogP contribution in [0.5, 0.6) is 0 Å². The van der Waals surface area contributed by atoms with E-state index in [0.29, 0.717) is 16.9 Å². The maximum absolute atomic E-state index is 11.1. The van der Waals surface area contributed by atoms with Crippen LogP contribution in [-0.2, 0) is 11.2 Å². The van der Waals surface area contributed by atoms with Crippen molar-refractivity contribution in [3.8, 4) is 11.1 Å². The number of anilines is 2. The van der Waals surface area contributed by atoms with Gasteiger partial charge in [-0.3, -0.25) is 14.9 Å². The van der Waals surface area contributed by atoms with Gasteiger partial charge < -0.3 is 10.4 Å². The average Bonchev–Trinajstić information content (AvgIpc) is 3.14. The molecule has 2 heterocycles. The number of non-ortho nitro benzene ring substituents is 1. The van der Waals surface area contributed by atoms with E-state index in [-0.39, 0.29) is 12.1 Å². The molecule has 0 aliphatic carbocycles. The van der Waals surface area contributed by atoms with Crippen molar-refractivity contribution in [1.82, 2.24) is 9.97 Å². The minimum absolute atomic E-state index is 0.0160. The Labute approximate surface area is 168 Å². The lowest BCUT2D eigenvalue weighted by Crippen LogP contribution is -2.00. The second kappa shape index (κ2) is 7.64. The van der Waals surface area contributed by atoms with Crippen LogP contribution >= 0.6 is 11.3 Å². The summed E-state index contributed by atoms with van der Waals surface area (Å²) in [6.45, 7) is 0. The van der Waals surface area contributed by atoms with E-state index in [1.807, 2.05) is 11.4 Å². The smallest absolute Gasteiger partial charge is 0.307 e. The highest BCUT2D eigenvalue weighted by molar-refractivity contribution is 7.17. The first kappa shape index (κ1) is 18.5. The Morgan fingerprint density at radius 1 is 1.17 bits per heavy atom. The van der Waals surface area contributed by atoms with Gasteiger partial charge in [0.05, 0.1) is 16.7 Å². The molecular weight excluding hydrogens is 392 g/mol. The van der Waals surface area contributed by atoms with Crippen LogP contribution in [-0.4, -0.2) is 26.0 Å². The van der Waals surface area contributed by atoms with Crippen LogP contribution < -0.4 is 5.32 Å². The van der Waals surface area contributed by atoms with E-state index in [9.17, 15) is 14.9 Å². The maximum Gasteiger partial charge on any atom is 0.307 e. The molecule has 0 saturated carbocycles. The first-order valence-corrected chi connectivity index (χ1v) is 9.44. The number of nitrogens with one attached hydrogen (secondary N) is 1. The number of nitro groups is 1. The fourth-order valence-electron chi connectivity index (χ4n) is 2.99. The first-order valence-electron chi connectivity index (χ1n) is 8.56. The third kappa shape index (κ3) is 3.90. The molecule has 8 nitrogen and oxygen atoms in total. The van der Waals surface area contributed by atoms with Crippen molar-refractivity contribution in [3.05, 3.63) is 75.9 Å². The molecule has 9 heteroatoms. The Bertz CT molecular complexity index is 1220. The maximum atomic E-state index is 11.1. The summed E-state index contributed by atoms with van der Waals surface area (Å²) >= 11 is 1.43. The Kier molecular flexibility index (Phi) is 4.88. The van der Waals surface area contributed by atoms with E-state index < -0.39 is 10.9 Å². The molecule has 2 aromatic heterocycles. The normalized spacial score (nSPS) is 10.8. The quantitative estimate of drug-likeness (QED) is 0.354. The van der Waals surface area contributed by atoms with Crippen LogP contribution in [0, 0.1) is 10.1 Å². The molecular formula is C20H14N4O4S. The minimum atomic E-state index is -0.886. The Hall–Kier alpha value is -3.85. The average molecular weight is 406 g/mol. The van der Waals surface area contributed by atoms with Crippen molar-refractivity contribution < 1.29 is 14.8 Å². The van der Waals surface area contributed by atoms with E-state index in [2.05, 4.69) is 15.3 Å². The molecule has 2 aromatic carbocycles. The number of hydrogen-bond acceptors (Lipinski definition) is 7. The van der Waals surface area contributed by atoms with Crippen LogP contribution in [0.4, 0.5) is 17.2 Å². The molecule has 0 unspecified atom stereocenters. The number of carboxylic acids is 1. The van der Waals surface area contributed by atoms with Gasteiger partial charge in [-0.15, -0.1) is 11.3 Å². The summed E-state index contributed by atoms with van der Waals surface area (Å²) in [4.78, 5) is 30.9. The summed E-state index contributed by atoms with van der Waals surface area (Å²) in [5, 5.41) is 25.9. The molecule has 0 spiro atoms. The first-order chi connectivity index (χ1) is 14.0. The van der Waals surface area contributed by atoms with Gasteiger partial charge in [0, 0.05) is 28.8 Å². The lowest BCUT2D eigenvalue weighted by molar-refractivity contribution is -0.384. The molecule has 0 fully saturated rings. The van der Waals surface area contributed by atoms with E-state index in [1.165, 1.54) is 29.8 Å². The van der Waals surface area contributed by atoms with Crippen molar-refractivity contribution in [2.75, 3.05) is 5.32 Å². The molecule has 144 valence electrons. The number of benzene rings is 2. The number of hydrogen-bond donors (Lipinski definition) is 2. The van der Waals surface area contributed by atoms with Crippen LogP contribution in [0.2, 0.25) is 0 Å². The van der Waals surface area contributed by atoms with Crippen LogP contribution in [0.25, 0.3) is 21.3 Å². The Morgan fingerprint density at radius 3 is 2.69 bits per heavy atom. The number of fused-ring (bicyclic) bond motifs is 1. The van der Waals surface area contributed by atoms with Gasteiger partial charge in [0.2, 0.25) is 0 Å². The summed E-state index contributed by atoms with van der Waals surface area (Å²) in [6.07, 6.45) is 1.41. The van der Waals surface area contributed by atoms with Crippen molar-refractivity contribution >= 4 is 44.7 Å². The van der Waals surface area contributed by atoms with Crippen molar-refractivity contribution in [3.63, 3.8) is 0 Å². The third-order valence-corrected chi connectivity index (χ3v) is 5.20. The minimum Gasteiger partial charge on any atom is -0.481 e. The Balaban J connectivity index is 1.73. The van der Waals surface area contributed by atoms with Crippen LogP contribution in [0.1, 0.15) is 5.56 Å². The van der Waals surface area contributed by atoms with Crippen molar-refractivity contribution in [2.24, 2.45) is 0 Å². The standard InChI is InChI=1S/C20H14N4O4S/c25-17(26)8-12-4-6-14(7-5-12)23-19-18-16(10-29-20(18)22-11-21-19)13-2-1-3-15(9-13)24(27)28/h1-7,9-11H,8H2,(H,25,26)(H,21,22,23). The predicted octanol–water partition coefficient (Wildman–Crippen LogP) is 4.64. The zero-order valence-electron chi connectivity index (χ0n) is 14.9. The molecule has 4 rings (SSSR count). The predicted molar refractivity (Wildman–Crippen MR) is 111 cm³/mol. The number of carboxylic acid groups (broad SMARTS) is 1. The number of nitro benzene ring substituents is 1. The number of rotatable bonds is 6. The topological polar surface area (TPSA) is 118 Å². The second-order valence-corrected chi connectivity index (χ2v) is 7.11. The summed E-state index contributed by atoms with van der Waals surface area (Å²) < 4.78 is 0. The summed E-state index contributed by atoms with van der Waals surface area (Å²) in [7, 11) is 0. The molecule has 0 radical (unpaired) electrons. The number of nitrogens with zero attached hydrogens (tertiary/aromatic N) is 3. The molecule has 0 saturated heterocycles. The van der Waals surface area contributed by atoms with Gasteiger partial charge in [0.25, 0.3) is 5.69 Å². The summed E-state index contributed by atoms with van der Waals surface area (Å²) in [6, 6.07) is 13.5. The number of aliphatic carboxylic acids is 1. The highest BCUT2D eigenvalue weighted by Crippen LogP contribution is 2.38. The molecule has 0 atom stereocenters. The SMILES string of the molecule is O=C(O)Cc1ccc(Nc2ncnc3scc(-c4cccc([N+](=O)[O-])c4)c23)cc1. The Morgan fingerprint density at radius 2 is 1.97 bits per heavy atom. The highest BCUT2D eigenvalue weighted by atomic mass is 32.1. The van der Waals surface area contributed by atoms with Crippen molar-refractivity contribution in [2.45, 2.75) is 6.42 Å². The number of carbonyl (C=O) groups is 1. The zero-order chi connectivity index (χ0) is 20.4. The van der Waals surface area contributed by atoms with E-state index in [4.69, 9.17) is 5.11 Å². The monoisotopic (exact) mass is 406 g/mol. The van der Waals surface area contributed by atoms with Gasteiger partial charge in [0.15, 0.2) is 0 Å². The van der Waals surface area contributed by atoms with Gasteiger partial charge in [-0.05, 0) is 23.3 Å². The molecule has 4 aromatic rings. The van der Waals surface area contributed by atoms with E-state index in [0.717, 1.165) is 21.5 Å². The lowest BCUT2D eigenvalue weighted by Gasteiger charge is -2.09. The second-order valence-electron chi connectivity index (χ2n) is 6.25. The molecule has 29 heavy (non-hydrogen) atoms. The van der Waals surface area contributed by atoms with Gasteiger partial charge in [-0.25, -0.2) is 9.97 Å². The van der Waals surface area contributed by atoms with Gasteiger partial charge in [-0.2, -0.15) is 0 Å². The molecule has 0 bridgehead atoms. The van der Waals surface area contributed by atoms with Gasteiger partial charge >= 0.3 is 5.97 Å². The number of thiophene rings is 1. The molecule has 0 amide bonds. The lowest BCUT2D eigenvalue weighted by atomic mass is 10.1.